The van der Waals surface area contributed by atoms with Crippen LogP contribution in [0.5, 0.6) is 11.5 Å². The summed E-state index contributed by atoms with van der Waals surface area (Å²) in [5, 5.41) is 17.4. The molecule has 0 atom stereocenters. The lowest BCUT2D eigenvalue weighted by Crippen LogP contribution is -2.24. The van der Waals surface area contributed by atoms with Crippen LogP contribution in [0, 0.1) is 5.82 Å². The average Bonchev–Trinajstić information content (AvgIpc) is 3.13. The largest absolute Gasteiger partial charge is 0.506 e. The minimum absolute atomic E-state index is 0.166. The number of methoxy groups -OCH3 is 1. The Kier molecular flexibility index (Phi) is 4.47. The Bertz CT molecular complexity index is 1280. The maximum Gasteiger partial charge on any atom is 0.266 e. The number of fused-ring (bicyclic) bond motifs is 1. The number of aromatic hydroxyl groups is 1. The Morgan fingerprint density at radius 2 is 1.93 bits per heavy atom. The zero-order valence-electron chi connectivity index (χ0n) is 15.1. The Morgan fingerprint density at radius 1 is 1.21 bits per heavy atom. The number of carbonyl (C=O) groups is 1. The van der Waals surface area contributed by atoms with Gasteiger partial charge >= 0.3 is 0 Å². The second-order valence-electron chi connectivity index (χ2n) is 6.13. The molecular formula is C20H15FN4O4. The summed E-state index contributed by atoms with van der Waals surface area (Å²) < 4.78 is 19.7. The lowest BCUT2D eigenvalue weighted by Gasteiger charge is -2.10. The third-order valence-corrected chi connectivity index (χ3v) is 4.37. The normalized spacial score (nSPS) is 10.8. The van der Waals surface area contributed by atoms with E-state index in [0.29, 0.717) is 17.1 Å². The molecule has 2 aromatic heterocycles. The number of H-pyrrole nitrogens is 1. The molecule has 0 radical (unpaired) electrons. The molecule has 0 bridgehead atoms. The zero-order valence-corrected chi connectivity index (χ0v) is 15.1. The van der Waals surface area contributed by atoms with Crippen molar-refractivity contribution in [3.05, 3.63) is 76.5 Å². The topological polar surface area (TPSA) is 109 Å². The summed E-state index contributed by atoms with van der Waals surface area (Å²) in [5.74, 6) is -1.33. The predicted molar refractivity (Wildman–Crippen MR) is 104 cm³/mol. The van der Waals surface area contributed by atoms with Crippen LogP contribution in [-0.4, -0.2) is 32.9 Å². The van der Waals surface area contributed by atoms with E-state index in [1.54, 1.807) is 24.3 Å². The van der Waals surface area contributed by atoms with Gasteiger partial charge < -0.3 is 20.1 Å². The van der Waals surface area contributed by atoms with Gasteiger partial charge in [-0.05, 0) is 36.4 Å². The minimum Gasteiger partial charge on any atom is -0.506 e. The monoisotopic (exact) mass is 394 g/mol. The van der Waals surface area contributed by atoms with Crippen LogP contribution in [0.15, 0.2) is 59.5 Å². The van der Waals surface area contributed by atoms with Gasteiger partial charge in [0.15, 0.2) is 0 Å². The molecule has 4 aromatic rings. The number of amides is 1. The van der Waals surface area contributed by atoms with Crippen LogP contribution in [0.3, 0.4) is 0 Å². The number of para-hydroxylation sites is 2. The van der Waals surface area contributed by atoms with Crippen molar-refractivity contribution in [2.45, 2.75) is 0 Å². The Balaban J connectivity index is 1.78. The molecule has 0 aliphatic heterocycles. The molecular weight excluding hydrogens is 379 g/mol. The number of hydrogen-bond donors (Lipinski definition) is 3. The molecule has 0 unspecified atom stereocenters. The van der Waals surface area contributed by atoms with Crippen molar-refractivity contribution < 1.29 is 19.0 Å². The van der Waals surface area contributed by atoms with E-state index in [4.69, 9.17) is 4.74 Å². The van der Waals surface area contributed by atoms with Crippen molar-refractivity contribution in [2.75, 3.05) is 12.4 Å². The van der Waals surface area contributed by atoms with Gasteiger partial charge in [0.25, 0.3) is 11.5 Å². The number of aromatic nitrogens is 3. The average molecular weight is 394 g/mol. The summed E-state index contributed by atoms with van der Waals surface area (Å²) in [7, 11) is 1.45. The van der Waals surface area contributed by atoms with Crippen LogP contribution in [-0.2, 0) is 0 Å². The van der Waals surface area contributed by atoms with E-state index in [1.165, 1.54) is 42.3 Å². The Hall–Kier alpha value is -4.14. The van der Waals surface area contributed by atoms with Gasteiger partial charge in [0.1, 0.15) is 28.5 Å². The van der Waals surface area contributed by atoms with E-state index in [0.717, 1.165) is 0 Å². The van der Waals surface area contributed by atoms with E-state index < -0.39 is 28.6 Å². The molecule has 0 fully saturated rings. The van der Waals surface area contributed by atoms with Crippen molar-refractivity contribution in [1.29, 1.82) is 0 Å². The first-order valence-electron chi connectivity index (χ1n) is 8.53. The van der Waals surface area contributed by atoms with Crippen molar-refractivity contribution >= 4 is 22.6 Å². The van der Waals surface area contributed by atoms with Crippen molar-refractivity contribution in [1.82, 2.24) is 14.8 Å². The quantitative estimate of drug-likeness (QED) is 0.493. The number of ether oxygens (including phenoxy) is 1. The van der Waals surface area contributed by atoms with Gasteiger partial charge in [0.05, 0.1) is 30.1 Å². The SMILES string of the molecule is COc1ccccc1NC(=O)c1c(O)c2cnn(-c3ccc(F)cc3)c2[nH]c1=O. The molecule has 1 amide bonds. The van der Waals surface area contributed by atoms with Crippen molar-refractivity contribution in [3.8, 4) is 17.2 Å². The molecule has 8 nitrogen and oxygen atoms in total. The number of rotatable bonds is 4. The standard InChI is InChI=1S/C20H15FN4O4/c1-29-15-5-3-2-4-14(15)23-19(27)16-17(26)13-10-22-25(18(13)24-20(16)28)12-8-6-11(21)7-9-12/h2-10H,1H3,(H,23,27)(H2,24,26,28). The maximum atomic E-state index is 13.2. The summed E-state index contributed by atoms with van der Waals surface area (Å²) in [4.78, 5) is 27.8. The van der Waals surface area contributed by atoms with Gasteiger partial charge in [-0.1, -0.05) is 12.1 Å². The van der Waals surface area contributed by atoms with E-state index in [-0.39, 0.29) is 11.0 Å². The minimum atomic E-state index is -0.801. The van der Waals surface area contributed by atoms with E-state index >= 15 is 0 Å². The first-order valence-corrected chi connectivity index (χ1v) is 8.53. The number of nitrogens with one attached hydrogen (secondary N) is 2. The van der Waals surface area contributed by atoms with Gasteiger partial charge in [-0.2, -0.15) is 5.10 Å². The number of pyridine rings is 1. The molecule has 3 N–H and O–H groups in total. The van der Waals surface area contributed by atoms with Gasteiger partial charge in [0, 0.05) is 0 Å². The second kappa shape index (κ2) is 7.12. The fourth-order valence-electron chi connectivity index (χ4n) is 2.98. The fourth-order valence-corrected chi connectivity index (χ4v) is 2.98. The number of aromatic amines is 1. The highest BCUT2D eigenvalue weighted by Crippen LogP contribution is 2.28. The number of nitrogens with zero attached hydrogens (tertiary/aromatic N) is 2. The first kappa shape index (κ1) is 18.2. The van der Waals surface area contributed by atoms with E-state index in [2.05, 4.69) is 15.4 Å². The van der Waals surface area contributed by atoms with Crippen LogP contribution in [0.4, 0.5) is 10.1 Å². The molecule has 146 valence electrons. The first-order chi connectivity index (χ1) is 14.0. The van der Waals surface area contributed by atoms with Crippen LogP contribution in [0.2, 0.25) is 0 Å². The van der Waals surface area contributed by atoms with Crippen LogP contribution in [0.25, 0.3) is 16.7 Å². The number of halogens is 1. The molecule has 0 saturated heterocycles. The third kappa shape index (κ3) is 3.18. The molecule has 0 aliphatic rings. The molecule has 9 heteroatoms. The number of anilines is 1. The van der Waals surface area contributed by atoms with Crippen LogP contribution in [0.1, 0.15) is 10.4 Å². The number of carbonyl (C=O) groups excluding carboxylic acids is 1. The molecule has 0 aliphatic carbocycles. The van der Waals surface area contributed by atoms with Gasteiger partial charge in [-0.15, -0.1) is 0 Å². The summed E-state index contributed by atoms with van der Waals surface area (Å²) >= 11 is 0. The third-order valence-electron chi connectivity index (χ3n) is 4.37. The summed E-state index contributed by atoms with van der Waals surface area (Å²) in [5.41, 5.74) is -0.259. The molecule has 4 rings (SSSR count). The highest BCUT2D eigenvalue weighted by Gasteiger charge is 2.22. The van der Waals surface area contributed by atoms with Crippen LogP contribution >= 0.6 is 0 Å². The smallest absolute Gasteiger partial charge is 0.266 e. The van der Waals surface area contributed by atoms with Crippen molar-refractivity contribution in [2.24, 2.45) is 0 Å². The fraction of sp³-hybridized carbons (Fsp3) is 0.0500. The van der Waals surface area contributed by atoms with E-state index in [9.17, 15) is 19.1 Å². The van der Waals surface area contributed by atoms with Gasteiger partial charge in [-0.25, -0.2) is 9.07 Å². The van der Waals surface area contributed by atoms with Crippen LogP contribution < -0.4 is 15.6 Å². The summed E-state index contributed by atoms with van der Waals surface area (Å²) in [6.45, 7) is 0. The highest BCUT2D eigenvalue weighted by molar-refractivity contribution is 6.09. The summed E-state index contributed by atoms with van der Waals surface area (Å²) in [6.07, 6.45) is 1.31. The lowest BCUT2D eigenvalue weighted by molar-refractivity contribution is 0.102. The second-order valence-corrected chi connectivity index (χ2v) is 6.13. The predicted octanol–water partition coefficient (Wildman–Crippen LogP) is 2.82. The van der Waals surface area contributed by atoms with Gasteiger partial charge in [-0.3, -0.25) is 9.59 Å². The maximum absolute atomic E-state index is 13.2. The molecule has 0 spiro atoms. The Labute approximate surface area is 163 Å². The number of benzene rings is 2. The molecule has 2 heterocycles. The van der Waals surface area contributed by atoms with E-state index in [1.807, 2.05) is 0 Å². The van der Waals surface area contributed by atoms with Gasteiger partial charge in [0.2, 0.25) is 0 Å². The molecule has 0 saturated carbocycles. The molecule has 29 heavy (non-hydrogen) atoms. The Morgan fingerprint density at radius 3 is 2.66 bits per heavy atom. The molecule has 2 aromatic carbocycles. The summed E-state index contributed by atoms with van der Waals surface area (Å²) in [6, 6.07) is 12.1. The zero-order chi connectivity index (χ0) is 20.5. The lowest BCUT2D eigenvalue weighted by atomic mass is 10.2. The highest BCUT2D eigenvalue weighted by atomic mass is 19.1. The van der Waals surface area contributed by atoms with Crippen molar-refractivity contribution in [3.63, 3.8) is 0 Å². The number of hydrogen-bond acceptors (Lipinski definition) is 5.